The van der Waals surface area contributed by atoms with Crippen molar-refractivity contribution in [3.05, 3.63) is 46.9 Å². The molecule has 0 N–H and O–H groups in total. The molecule has 168 valence electrons. The summed E-state index contributed by atoms with van der Waals surface area (Å²) >= 11 is 0. The van der Waals surface area contributed by atoms with Crippen LogP contribution in [0, 0.1) is 0 Å². The number of rotatable bonds is 5. The summed E-state index contributed by atoms with van der Waals surface area (Å²) in [5.74, 6) is 0.669. The van der Waals surface area contributed by atoms with Crippen LogP contribution in [-0.2, 0) is 30.2 Å². The molecule has 1 aromatic carbocycles. The summed E-state index contributed by atoms with van der Waals surface area (Å²) in [7, 11) is -1.80. The Balaban J connectivity index is 1.54. The van der Waals surface area contributed by atoms with Crippen molar-refractivity contribution in [2.24, 2.45) is 7.05 Å². The largest absolute Gasteiger partial charge is 0.327 e. The minimum atomic E-state index is -3.54. The molecular weight excluding hydrogens is 430 g/mol. The van der Waals surface area contributed by atoms with Gasteiger partial charge in [-0.05, 0) is 38.0 Å². The number of aryl methyl sites for hydroxylation is 2. The van der Waals surface area contributed by atoms with Gasteiger partial charge in [-0.2, -0.15) is 9.40 Å². The van der Waals surface area contributed by atoms with Crippen molar-refractivity contribution in [1.82, 2.24) is 33.2 Å². The lowest BCUT2D eigenvalue weighted by molar-refractivity contribution is 0.346. The third-order valence-corrected chi connectivity index (χ3v) is 7.99. The molecule has 0 bridgehead atoms. The van der Waals surface area contributed by atoms with Crippen LogP contribution in [0.1, 0.15) is 32.0 Å². The van der Waals surface area contributed by atoms with Gasteiger partial charge in [-0.25, -0.2) is 18.4 Å². The smallest absolute Gasteiger partial charge is 0.264 e. The molecule has 4 aromatic rings. The second-order valence-corrected chi connectivity index (χ2v) is 10.0. The summed E-state index contributed by atoms with van der Waals surface area (Å²) in [4.78, 5) is 22.2. The first kappa shape index (κ1) is 20.8. The molecule has 1 aliphatic rings. The van der Waals surface area contributed by atoms with Gasteiger partial charge in [0.1, 0.15) is 17.5 Å². The number of piperidine rings is 1. The van der Waals surface area contributed by atoms with E-state index in [1.54, 1.807) is 34.2 Å². The Morgan fingerprint density at radius 3 is 2.66 bits per heavy atom. The van der Waals surface area contributed by atoms with Gasteiger partial charge in [0.2, 0.25) is 10.0 Å². The molecule has 0 aliphatic carbocycles. The number of sulfonamides is 1. The molecule has 0 spiro atoms. The fourth-order valence-electron chi connectivity index (χ4n) is 4.38. The first-order valence-corrected chi connectivity index (χ1v) is 12.2. The van der Waals surface area contributed by atoms with Gasteiger partial charge >= 0.3 is 0 Å². The van der Waals surface area contributed by atoms with Crippen molar-refractivity contribution in [1.29, 1.82) is 0 Å². The van der Waals surface area contributed by atoms with Gasteiger partial charge in [0.05, 0.1) is 28.7 Å². The Labute approximate surface area is 185 Å². The van der Waals surface area contributed by atoms with Crippen molar-refractivity contribution in [2.45, 2.75) is 44.2 Å². The molecule has 1 fully saturated rings. The molecule has 0 amide bonds. The predicted molar refractivity (Wildman–Crippen MR) is 120 cm³/mol. The van der Waals surface area contributed by atoms with Crippen molar-refractivity contribution in [2.75, 3.05) is 13.1 Å². The Hall–Kier alpha value is -3.05. The lowest BCUT2D eigenvalue weighted by Crippen LogP contribution is -2.35. The van der Waals surface area contributed by atoms with E-state index in [-0.39, 0.29) is 17.0 Å². The summed E-state index contributed by atoms with van der Waals surface area (Å²) in [5.41, 5.74) is 1.78. The van der Waals surface area contributed by atoms with Crippen LogP contribution in [0.4, 0.5) is 0 Å². The van der Waals surface area contributed by atoms with Crippen LogP contribution in [0.15, 0.2) is 40.4 Å². The van der Waals surface area contributed by atoms with Crippen LogP contribution in [0.25, 0.3) is 22.1 Å². The summed E-state index contributed by atoms with van der Waals surface area (Å²) in [6.45, 7) is 3.98. The summed E-state index contributed by atoms with van der Waals surface area (Å²) in [5, 5.41) is 4.55. The van der Waals surface area contributed by atoms with Crippen LogP contribution >= 0.6 is 0 Å². The van der Waals surface area contributed by atoms with Crippen LogP contribution in [0.5, 0.6) is 0 Å². The molecular formula is C21H25N7O3S. The van der Waals surface area contributed by atoms with Gasteiger partial charge in [0.25, 0.3) is 5.56 Å². The van der Waals surface area contributed by atoms with Crippen LogP contribution in [-0.4, -0.2) is 54.7 Å². The lowest BCUT2D eigenvalue weighted by atomic mass is 10.2. The van der Waals surface area contributed by atoms with E-state index in [1.165, 1.54) is 17.1 Å². The minimum Gasteiger partial charge on any atom is -0.327 e. The number of hydrogen-bond acceptors (Lipinski definition) is 6. The normalized spacial score (nSPS) is 15.7. The maximum Gasteiger partial charge on any atom is 0.264 e. The zero-order valence-corrected chi connectivity index (χ0v) is 18.9. The van der Waals surface area contributed by atoms with Gasteiger partial charge in [0, 0.05) is 26.7 Å². The molecule has 10 nitrogen and oxygen atoms in total. The number of aromatic nitrogens is 6. The van der Waals surface area contributed by atoms with Gasteiger partial charge < -0.3 is 4.57 Å². The molecule has 32 heavy (non-hydrogen) atoms. The first-order valence-electron chi connectivity index (χ1n) is 10.8. The molecule has 0 radical (unpaired) electrons. The van der Waals surface area contributed by atoms with Gasteiger partial charge in [-0.1, -0.05) is 6.42 Å². The van der Waals surface area contributed by atoms with E-state index in [9.17, 15) is 13.2 Å². The van der Waals surface area contributed by atoms with E-state index in [0.29, 0.717) is 42.0 Å². The zero-order chi connectivity index (χ0) is 22.5. The number of imidazole rings is 1. The van der Waals surface area contributed by atoms with Crippen molar-refractivity contribution in [3.8, 4) is 0 Å². The summed E-state index contributed by atoms with van der Waals surface area (Å²) < 4.78 is 32.8. The molecule has 1 aliphatic heterocycles. The van der Waals surface area contributed by atoms with Crippen LogP contribution in [0.2, 0.25) is 0 Å². The van der Waals surface area contributed by atoms with Gasteiger partial charge in [0.15, 0.2) is 5.65 Å². The van der Waals surface area contributed by atoms with E-state index in [1.807, 2.05) is 11.5 Å². The van der Waals surface area contributed by atoms with E-state index >= 15 is 0 Å². The maximum atomic E-state index is 13.1. The number of nitrogens with zero attached hydrogens (tertiary/aromatic N) is 7. The highest BCUT2D eigenvalue weighted by molar-refractivity contribution is 7.89. The molecule has 3 aromatic heterocycles. The van der Waals surface area contributed by atoms with Crippen molar-refractivity contribution in [3.63, 3.8) is 0 Å². The van der Waals surface area contributed by atoms with E-state index < -0.39 is 10.0 Å². The SMILES string of the molecule is CCn1c(Cn2cnc3c(cnn3C)c2=O)nc2cc(S(=O)(=O)N3CCCCC3)ccc21. The molecule has 0 atom stereocenters. The summed E-state index contributed by atoms with van der Waals surface area (Å²) in [6.07, 6.45) is 5.86. The highest BCUT2D eigenvalue weighted by Crippen LogP contribution is 2.25. The third-order valence-electron chi connectivity index (χ3n) is 6.10. The van der Waals surface area contributed by atoms with Crippen molar-refractivity contribution >= 4 is 32.1 Å². The highest BCUT2D eigenvalue weighted by Gasteiger charge is 2.26. The molecule has 0 unspecified atom stereocenters. The summed E-state index contributed by atoms with van der Waals surface area (Å²) in [6, 6.07) is 5.09. The van der Waals surface area contributed by atoms with Crippen LogP contribution in [0.3, 0.4) is 0 Å². The second kappa shape index (κ2) is 7.82. The molecule has 4 heterocycles. The van der Waals surface area contributed by atoms with E-state index in [0.717, 1.165) is 24.8 Å². The number of fused-ring (bicyclic) bond motifs is 2. The number of hydrogen-bond donors (Lipinski definition) is 0. The zero-order valence-electron chi connectivity index (χ0n) is 18.1. The third kappa shape index (κ3) is 3.32. The predicted octanol–water partition coefficient (Wildman–Crippen LogP) is 1.72. The molecule has 11 heteroatoms. The minimum absolute atomic E-state index is 0.189. The molecule has 0 saturated carbocycles. The quantitative estimate of drug-likeness (QED) is 0.453. The monoisotopic (exact) mass is 455 g/mol. The second-order valence-electron chi connectivity index (χ2n) is 8.07. The molecule has 1 saturated heterocycles. The van der Waals surface area contributed by atoms with Crippen LogP contribution < -0.4 is 5.56 Å². The van der Waals surface area contributed by atoms with Crippen molar-refractivity contribution < 1.29 is 8.42 Å². The Morgan fingerprint density at radius 2 is 1.91 bits per heavy atom. The number of benzene rings is 1. The average molecular weight is 456 g/mol. The molecule has 5 rings (SSSR count). The average Bonchev–Trinajstić information content (AvgIpc) is 3.35. The first-order chi connectivity index (χ1) is 15.4. The fourth-order valence-corrected chi connectivity index (χ4v) is 5.92. The van der Waals surface area contributed by atoms with Gasteiger partial charge in [-0.3, -0.25) is 14.0 Å². The maximum absolute atomic E-state index is 13.1. The standard InChI is InChI=1S/C21H25N7O3S/c1-3-28-18-8-7-15(32(30,31)27-9-5-4-6-10-27)11-17(18)24-19(28)13-26-14-22-20-16(21(26)29)12-23-25(20)2/h7-8,11-12,14H,3-6,9-10,13H2,1-2H3. The van der Waals surface area contributed by atoms with E-state index in [4.69, 9.17) is 4.98 Å². The Bertz CT molecular complexity index is 1480. The highest BCUT2D eigenvalue weighted by atomic mass is 32.2. The Kier molecular flexibility index (Phi) is 5.09. The Morgan fingerprint density at radius 1 is 1.12 bits per heavy atom. The topological polar surface area (TPSA) is 108 Å². The lowest BCUT2D eigenvalue weighted by Gasteiger charge is -2.25. The fraction of sp³-hybridized carbons (Fsp3) is 0.429. The van der Waals surface area contributed by atoms with E-state index in [2.05, 4.69) is 10.1 Å². The van der Waals surface area contributed by atoms with Gasteiger partial charge in [-0.15, -0.1) is 0 Å².